The summed E-state index contributed by atoms with van der Waals surface area (Å²) in [6.07, 6.45) is 0. The van der Waals surface area contributed by atoms with Crippen LogP contribution >= 0.6 is 0 Å². The molecule has 3 heteroatoms. The van der Waals surface area contributed by atoms with E-state index in [0.29, 0.717) is 0 Å². The summed E-state index contributed by atoms with van der Waals surface area (Å²) in [5, 5.41) is 0. The zero-order valence-electron chi connectivity index (χ0n) is 39.8. The number of benzene rings is 9. The first-order valence-corrected chi connectivity index (χ1v) is 23.9. The number of fused-ring (bicyclic) bond motifs is 4. The third-order valence-corrected chi connectivity index (χ3v) is 14.5. The Labute approximate surface area is 398 Å². The lowest BCUT2D eigenvalue weighted by molar-refractivity contribution is 0.590. The van der Waals surface area contributed by atoms with Gasteiger partial charge in [-0.1, -0.05) is 211 Å². The molecule has 67 heavy (non-hydrogen) atoms. The third kappa shape index (κ3) is 7.29. The van der Waals surface area contributed by atoms with Crippen molar-refractivity contribution >= 4 is 57.2 Å². The normalized spacial score (nSPS) is 13.2. The molecule has 11 rings (SSSR count). The highest BCUT2D eigenvalue weighted by Gasteiger charge is 2.46. The molecule has 0 bridgehead atoms. The maximum absolute atomic E-state index is 2.58. The van der Waals surface area contributed by atoms with Crippen molar-refractivity contribution in [2.24, 2.45) is 0 Å². The third-order valence-electron chi connectivity index (χ3n) is 14.5. The van der Waals surface area contributed by atoms with Gasteiger partial charge in [0.05, 0.1) is 0 Å². The summed E-state index contributed by atoms with van der Waals surface area (Å²) >= 11 is 0. The Kier molecular flexibility index (Phi) is 10.2. The highest BCUT2D eigenvalue weighted by molar-refractivity contribution is 7.00. The Balaban J connectivity index is 1.26. The number of nitrogens with zero attached hydrogens (tertiary/aromatic N) is 2. The predicted octanol–water partition coefficient (Wildman–Crippen LogP) is 15.1. The average molecular weight is 865 g/mol. The van der Waals surface area contributed by atoms with E-state index in [1.807, 2.05) is 0 Å². The van der Waals surface area contributed by atoms with Crippen molar-refractivity contribution in [3.8, 4) is 22.3 Å². The zero-order valence-corrected chi connectivity index (χ0v) is 39.8. The van der Waals surface area contributed by atoms with Crippen molar-refractivity contribution in [3.63, 3.8) is 0 Å². The molecule has 2 heterocycles. The van der Waals surface area contributed by atoms with Crippen LogP contribution in [0.5, 0.6) is 0 Å². The SMILES string of the molecule is CC(C)(C)c1ccc(N2c3ccc(C(C)(C)C)cc3B3c4cc(-c5ccccc5)ccc4N(c4ccc(-c5ccccc5)cc4)c4cc(C(C)(c5ccccc5)c5ccccc5)cc2c43)cc1. The molecular formula is C64H57BN2. The fourth-order valence-electron chi connectivity index (χ4n) is 10.7. The molecule has 9 aromatic carbocycles. The van der Waals surface area contributed by atoms with Crippen LogP contribution in [-0.2, 0) is 16.2 Å². The molecule has 9 aromatic rings. The van der Waals surface area contributed by atoms with Crippen molar-refractivity contribution < 1.29 is 0 Å². The number of hydrogen-bond acceptors (Lipinski definition) is 2. The Hall–Kier alpha value is -7.36. The average Bonchev–Trinajstić information content (AvgIpc) is 3.36. The molecule has 0 aromatic heterocycles. The Bertz CT molecular complexity index is 3200. The minimum atomic E-state index is -0.498. The topological polar surface area (TPSA) is 6.48 Å². The fraction of sp³-hybridized carbons (Fsp3) is 0.156. The summed E-state index contributed by atoms with van der Waals surface area (Å²) in [5.41, 5.74) is 21.7. The zero-order chi connectivity index (χ0) is 46.1. The lowest BCUT2D eigenvalue weighted by atomic mass is 9.33. The van der Waals surface area contributed by atoms with E-state index < -0.39 is 5.41 Å². The van der Waals surface area contributed by atoms with Crippen molar-refractivity contribution in [2.45, 2.75) is 64.7 Å². The Morgan fingerprint density at radius 2 is 0.687 bits per heavy atom. The van der Waals surface area contributed by atoms with E-state index in [4.69, 9.17) is 0 Å². The molecule has 2 aliphatic rings. The minimum absolute atomic E-state index is 0.0219. The second kappa shape index (κ2) is 16.2. The molecule has 2 nitrogen and oxygen atoms in total. The molecular weight excluding hydrogens is 808 g/mol. The summed E-state index contributed by atoms with van der Waals surface area (Å²) in [5.74, 6) is 0. The van der Waals surface area contributed by atoms with Crippen molar-refractivity contribution in [1.29, 1.82) is 0 Å². The van der Waals surface area contributed by atoms with E-state index in [-0.39, 0.29) is 17.5 Å². The fourth-order valence-corrected chi connectivity index (χ4v) is 10.7. The summed E-state index contributed by atoms with van der Waals surface area (Å²) in [6, 6.07) is 81.9. The molecule has 0 amide bonds. The van der Waals surface area contributed by atoms with Gasteiger partial charge in [0.25, 0.3) is 6.71 Å². The molecule has 0 unspecified atom stereocenters. The van der Waals surface area contributed by atoms with Gasteiger partial charge in [-0.15, -0.1) is 0 Å². The van der Waals surface area contributed by atoms with Gasteiger partial charge in [-0.25, -0.2) is 0 Å². The van der Waals surface area contributed by atoms with Gasteiger partial charge in [0.2, 0.25) is 0 Å². The first-order chi connectivity index (χ1) is 32.4. The molecule has 0 aliphatic carbocycles. The van der Waals surface area contributed by atoms with Crippen LogP contribution in [0.15, 0.2) is 218 Å². The molecule has 0 saturated heterocycles. The van der Waals surface area contributed by atoms with Crippen LogP contribution in [0.2, 0.25) is 0 Å². The van der Waals surface area contributed by atoms with Gasteiger partial charge in [0.15, 0.2) is 0 Å². The molecule has 0 N–H and O–H groups in total. The van der Waals surface area contributed by atoms with E-state index >= 15 is 0 Å². The maximum atomic E-state index is 2.58. The second-order valence-corrected chi connectivity index (χ2v) is 20.8. The van der Waals surface area contributed by atoms with Gasteiger partial charge in [-0.2, -0.15) is 0 Å². The quantitative estimate of drug-likeness (QED) is 0.116. The summed E-state index contributed by atoms with van der Waals surface area (Å²) in [4.78, 5) is 5.14. The minimum Gasteiger partial charge on any atom is -0.311 e. The van der Waals surface area contributed by atoms with Crippen LogP contribution in [0, 0.1) is 0 Å². The van der Waals surface area contributed by atoms with Crippen LogP contribution < -0.4 is 26.2 Å². The van der Waals surface area contributed by atoms with Crippen LogP contribution in [-0.4, -0.2) is 6.71 Å². The van der Waals surface area contributed by atoms with E-state index in [9.17, 15) is 0 Å². The van der Waals surface area contributed by atoms with Gasteiger partial charge in [-0.3, -0.25) is 0 Å². The molecule has 0 atom stereocenters. The highest BCUT2D eigenvalue weighted by Crippen LogP contribution is 2.49. The summed E-state index contributed by atoms with van der Waals surface area (Å²) in [6.45, 7) is 16.3. The largest absolute Gasteiger partial charge is 0.311 e. The molecule has 0 spiro atoms. The van der Waals surface area contributed by atoms with Gasteiger partial charge >= 0.3 is 0 Å². The van der Waals surface area contributed by atoms with Crippen LogP contribution in [0.4, 0.5) is 34.1 Å². The van der Waals surface area contributed by atoms with Crippen molar-refractivity contribution in [1.82, 2.24) is 0 Å². The smallest absolute Gasteiger partial charge is 0.252 e. The van der Waals surface area contributed by atoms with Crippen LogP contribution in [0.25, 0.3) is 22.3 Å². The van der Waals surface area contributed by atoms with E-state index in [0.717, 1.165) is 11.4 Å². The Morgan fingerprint density at radius 1 is 0.299 bits per heavy atom. The first kappa shape index (κ1) is 42.3. The summed E-state index contributed by atoms with van der Waals surface area (Å²) in [7, 11) is 0. The standard InChI is InChI=1S/C64H57BN2/c1-62(2,3)48-31-36-54(37-32-48)67-58-39-33-51(63(4,5)6)41-56(58)65-55-40-47(45-22-14-9-15-23-45)30-38-57(55)66(53-34-28-46(29-35-53)44-20-12-8-13-21-44)59-42-52(43-60(67)61(59)65)64(7,49-24-16-10-17-25-49)50-26-18-11-19-27-50/h8-43H,1-7H3. The van der Waals surface area contributed by atoms with Crippen LogP contribution in [0.1, 0.15) is 76.3 Å². The number of rotatable bonds is 7. The predicted molar refractivity (Wildman–Crippen MR) is 287 cm³/mol. The van der Waals surface area contributed by atoms with Gasteiger partial charge in [0.1, 0.15) is 0 Å². The lowest BCUT2D eigenvalue weighted by Gasteiger charge is -2.46. The molecule has 326 valence electrons. The summed E-state index contributed by atoms with van der Waals surface area (Å²) < 4.78 is 0. The lowest BCUT2D eigenvalue weighted by Crippen LogP contribution is -2.61. The molecule has 0 fully saturated rings. The first-order valence-electron chi connectivity index (χ1n) is 23.9. The molecule has 0 radical (unpaired) electrons. The van der Waals surface area contributed by atoms with E-state index in [1.165, 1.54) is 89.2 Å². The molecule has 2 aliphatic heterocycles. The van der Waals surface area contributed by atoms with Gasteiger partial charge in [-0.05, 0) is 133 Å². The van der Waals surface area contributed by atoms with Crippen molar-refractivity contribution in [3.05, 3.63) is 246 Å². The monoisotopic (exact) mass is 864 g/mol. The molecule has 0 saturated carbocycles. The Morgan fingerprint density at radius 3 is 1.18 bits per heavy atom. The van der Waals surface area contributed by atoms with E-state index in [2.05, 4.69) is 277 Å². The van der Waals surface area contributed by atoms with E-state index in [1.54, 1.807) is 0 Å². The highest BCUT2D eigenvalue weighted by atomic mass is 15.2. The van der Waals surface area contributed by atoms with Crippen molar-refractivity contribution in [2.75, 3.05) is 9.80 Å². The maximum Gasteiger partial charge on any atom is 0.252 e. The van der Waals surface area contributed by atoms with Gasteiger partial charge < -0.3 is 9.80 Å². The van der Waals surface area contributed by atoms with Gasteiger partial charge in [0, 0.05) is 39.5 Å². The number of hydrogen-bond donors (Lipinski definition) is 0. The van der Waals surface area contributed by atoms with Crippen LogP contribution in [0.3, 0.4) is 0 Å². The number of anilines is 6. The second-order valence-electron chi connectivity index (χ2n) is 20.8.